The van der Waals surface area contributed by atoms with Crippen molar-refractivity contribution in [3.8, 4) is 5.75 Å². The van der Waals surface area contributed by atoms with Crippen LogP contribution >= 0.6 is 0 Å². The second-order valence-electron chi connectivity index (χ2n) is 9.46. The van der Waals surface area contributed by atoms with Crippen molar-refractivity contribution in [2.75, 3.05) is 17.5 Å². The molecule has 0 saturated heterocycles. The zero-order chi connectivity index (χ0) is 29.3. The molecule has 3 rings (SSSR count). The lowest BCUT2D eigenvalue weighted by atomic mass is 10.1. The van der Waals surface area contributed by atoms with Gasteiger partial charge in [0.1, 0.15) is 24.2 Å². The number of nitrogens with one attached hydrogen (secondary N) is 1. The number of amides is 2. The van der Waals surface area contributed by atoms with E-state index in [4.69, 9.17) is 4.74 Å². The van der Waals surface area contributed by atoms with E-state index < -0.39 is 34.3 Å². The van der Waals surface area contributed by atoms with Crippen LogP contribution in [0, 0.1) is 5.82 Å². The number of hydrogen-bond donors (Lipinski definition) is 1. The summed E-state index contributed by atoms with van der Waals surface area (Å²) in [7, 11) is -4.22. The van der Waals surface area contributed by atoms with Crippen molar-refractivity contribution in [2.24, 2.45) is 0 Å². The summed E-state index contributed by atoms with van der Waals surface area (Å²) in [6, 6.07) is 19.0. The van der Waals surface area contributed by atoms with Crippen molar-refractivity contribution in [1.29, 1.82) is 0 Å². The molecule has 0 saturated carbocycles. The number of halogens is 1. The van der Waals surface area contributed by atoms with Crippen LogP contribution in [0.5, 0.6) is 5.75 Å². The van der Waals surface area contributed by atoms with Crippen LogP contribution in [0.1, 0.15) is 39.7 Å². The predicted octanol–water partition coefficient (Wildman–Crippen LogP) is 4.75. The second-order valence-corrected chi connectivity index (χ2v) is 11.3. The fourth-order valence-corrected chi connectivity index (χ4v) is 5.71. The van der Waals surface area contributed by atoms with Gasteiger partial charge < -0.3 is 15.0 Å². The van der Waals surface area contributed by atoms with Gasteiger partial charge in [0.05, 0.1) is 17.2 Å². The number of carbonyl (C=O) groups is 2. The highest BCUT2D eigenvalue weighted by Gasteiger charge is 2.34. The quantitative estimate of drug-likeness (QED) is 0.321. The third kappa shape index (κ3) is 7.59. The largest absolute Gasteiger partial charge is 0.492 e. The van der Waals surface area contributed by atoms with Crippen LogP contribution in [0.2, 0.25) is 0 Å². The topological polar surface area (TPSA) is 96.0 Å². The number of ether oxygens (including phenoxy) is 1. The van der Waals surface area contributed by atoms with Crippen molar-refractivity contribution < 1.29 is 27.1 Å². The molecule has 0 heterocycles. The average Bonchev–Trinajstić information content (AvgIpc) is 2.93. The average molecular weight is 570 g/mol. The molecule has 40 heavy (non-hydrogen) atoms. The van der Waals surface area contributed by atoms with Gasteiger partial charge in [0.25, 0.3) is 10.0 Å². The van der Waals surface area contributed by atoms with Crippen LogP contribution < -0.4 is 14.4 Å². The Labute approximate surface area is 235 Å². The van der Waals surface area contributed by atoms with Crippen molar-refractivity contribution in [3.63, 3.8) is 0 Å². The number of carbonyl (C=O) groups excluding carboxylic acids is 2. The van der Waals surface area contributed by atoms with Crippen molar-refractivity contribution in [2.45, 2.75) is 57.6 Å². The normalized spacial score (nSPS) is 12.1. The molecule has 0 aliphatic carbocycles. The molecule has 0 spiro atoms. The monoisotopic (exact) mass is 569 g/mol. The fraction of sp³-hybridized carbons (Fsp3) is 0.333. The summed E-state index contributed by atoms with van der Waals surface area (Å²) >= 11 is 0. The lowest BCUT2D eigenvalue weighted by Gasteiger charge is -2.34. The number of sulfonamides is 1. The number of para-hydroxylation sites is 2. The van der Waals surface area contributed by atoms with Crippen LogP contribution in [0.4, 0.5) is 10.1 Å². The molecule has 0 aromatic heterocycles. The Morgan fingerprint density at radius 2 is 1.55 bits per heavy atom. The minimum atomic E-state index is -4.22. The van der Waals surface area contributed by atoms with Gasteiger partial charge in [-0.3, -0.25) is 13.9 Å². The Morgan fingerprint density at radius 1 is 0.925 bits per heavy atom. The molecular formula is C30H36FN3O5S. The van der Waals surface area contributed by atoms with Crippen molar-refractivity contribution in [1.82, 2.24) is 10.2 Å². The minimum absolute atomic E-state index is 0.00350. The van der Waals surface area contributed by atoms with Crippen molar-refractivity contribution >= 4 is 27.5 Å². The molecule has 0 unspecified atom stereocenters. The first-order valence-electron chi connectivity index (χ1n) is 13.2. The molecule has 0 bridgehead atoms. The fourth-order valence-electron chi connectivity index (χ4n) is 4.26. The summed E-state index contributed by atoms with van der Waals surface area (Å²) in [5, 5.41) is 2.85. The van der Waals surface area contributed by atoms with Gasteiger partial charge in [-0.25, -0.2) is 12.8 Å². The molecule has 1 atom stereocenters. The maximum Gasteiger partial charge on any atom is 0.264 e. The van der Waals surface area contributed by atoms with E-state index in [1.54, 1.807) is 56.3 Å². The summed E-state index contributed by atoms with van der Waals surface area (Å²) in [6.07, 6.45) is 0.284. The van der Waals surface area contributed by atoms with E-state index in [2.05, 4.69) is 5.32 Å². The van der Waals surface area contributed by atoms with Gasteiger partial charge in [0, 0.05) is 12.6 Å². The first kappa shape index (κ1) is 30.6. The molecule has 3 aromatic rings. The third-order valence-corrected chi connectivity index (χ3v) is 7.90. The SMILES string of the molecule is CCOc1ccccc1N(CC(=O)N(Cc1ccc(F)cc1)[C@H](CC)C(=O)NC(C)C)S(=O)(=O)c1ccccc1. The van der Waals surface area contributed by atoms with Gasteiger partial charge in [-0.15, -0.1) is 0 Å². The summed E-state index contributed by atoms with van der Waals surface area (Å²) in [5.74, 6) is -1.09. The van der Waals surface area contributed by atoms with E-state index in [1.165, 1.54) is 41.3 Å². The molecule has 214 valence electrons. The van der Waals surface area contributed by atoms with Gasteiger partial charge >= 0.3 is 0 Å². The maximum absolute atomic E-state index is 14.1. The Balaban J connectivity index is 2.09. The molecule has 2 amide bonds. The van der Waals surface area contributed by atoms with Crippen LogP contribution in [0.15, 0.2) is 83.8 Å². The molecule has 10 heteroatoms. The molecule has 0 fully saturated rings. The summed E-state index contributed by atoms with van der Waals surface area (Å²) in [4.78, 5) is 28.6. The lowest BCUT2D eigenvalue weighted by molar-refractivity contribution is -0.140. The van der Waals surface area contributed by atoms with Crippen LogP contribution in [0.25, 0.3) is 0 Å². The summed E-state index contributed by atoms with van der Waals surface area (Å²) in [5.41, 5.74) is 0.792. The van der Waals surface area contributed by atoms with E-state index >= 15 is 0 Å². The number of anilines is 1. The second kappa shape index (κ2) is 13.9. The van der Waals surface area contributed by atoms with Gasteiger partial charge in [-0.1, -0.05) is 49.4 Å². The highest BCUT2D eigenvalue weighted by Crippen LogP contribution is 2.33. The predicted molar refractivity (Wildman–Crippen MR) is 153 cm³/mol. The highest BCUT2D eigenvalue weighted by molar-refractivity contribution is 7.92. The molecule has 8 nitrogen and oxygen atoms in total. The molecule has 1 N–H and O–H groups in total. The van der Waals surface area contributed by atoms with Crippen LogP contribution in [-0.2, 0) is 26.2 Å². The van der Waals surface area contributed by atoms with Gasteiger partial charge in [0.15, 0.2) is 0 Å². The highest BCUT2D eigenvalue weighted by atomic mass is 32.2. The van der Waals surface area contributed by atoms with Gasteiger partial charge in [-0.05, 0) is 69.2 Å². The third-order valence-electron chi connectivity index (χ3n) is 6.13. The minimum Gasteiger partial charge on any atom is -0.492 e. The Bertz CT molecular complexity index is 1380. The van der Waals surface area contributed by atoms with Crippen molar-refractivity contribution in [3.05, 3.63) is 90.2 Å². The maximum atomic E-state index is 14.1. The van der Waals surface area contributed by atoms with E-state index in [9.17, 15) is 22.4 Å². The number of nitrogens with zero attached hydrogens (tertiary/aromatic N) is 2. The zero-order valence-electron chi connectivity index (χ0n) is 23.2. The smallest absolute Gasteiger partial charge is 0.264 e. The zero-order valence-corrected chi connectivity index (χ0v) is 24.0. The van der Waals surface area contributed by atoms with Gasteiger partial charge in [-0.2, -0.15) is 0 Å². The standard InChI is InChI=1S/C30H36FN3O5S/c1-5-26(30(36)32-22(3)4)33(20-23-16-18-24(31)19-17-23)29(35)21-34(27-14-10-11-15-28(27)39-6-2)40(37,38)25-12-8-7-9-13-25/h7-19,22,26H,5-6,20-21H2,1-4H3,(H,32,36)/t26-/m1/s1. The first-order chi connectivity index (χ1) is 19.1. The summed E-state index contributed by atoms with van der Waals surface area (Å²) in [6.45, 7) is 6.86. The Morgan fingerprint density at radius 3 is 2.15 bits per heavy atom. The number of hydrogen-bond acceptors (Lipinski definition) is 5. The van der Waals surface area contributed by atoms with E-state index in [0.29, 0.717) is 11.3 Å². The Kier molecular flexibility index (Phi) is 10.7. The van der Waals surface area contributed by atoms with E-state index in [-0.39, 0.29) is 42.1 Å². The molecule has 3 aromatic carbocycles. The molecule has 0 radical (unpaired) electrons. The molecule has 0 aliphatic rings. The van der Waals surface area contributed by atoms with E-state index in [0.717, 1.165) is 4.31 Å². The van der Waals surface area contributed by atoms with Gasteiger partial charge in [0.2, 0.25) is 11.8 Å². The number of benzene rings is 3. The summed E-state index contributed by atoms with van der Waals surface area (Å²) < 4.78 is 48.2. The van der Waals surface area contributed by atoms with Crippen LogP contribution in [-0.4, -0.2) is 50.4 Å². The number of rotatable bonds is 13. The Hall–Kier alpha value is -3.92. The van der Waals surface area contributed by atoms with Crippen LogP contribution in [0.3, 0.4) is 0 Å². The molecule has 0 aliphatic heterocycles. The lowest BCUT2D eigenvalue weighted by Crippen LogP contribution is -2.53. The first-order valence-corrected chi connectivity index (χ1v) is 14.7. The molecular weight excluding hydrogens is 533 g/mol. The van der Waals surface area contributed by atoms with E-state index in [1.807, 2.05) is 13.8 Å².